The van der Waals surface area contributed by atoms with E-state index in [-0.39, 0.29) is 11.7 Å². The minimum absolute atomic E-state index is 0.164. The van der Waals surface area contributed by atoms with Crippen LogP contribution in [0.4, 0.5) is 10.2 Å². The van der Waals surface area contributed by atoms with Crippen LogP contribution in [0.1, 0.15) is 15.9 Å². The van der Waals surface area contributed by atoms with Crippen molar-refractivity contribution in [3.05, 3.63) is 58.5 Å². The molecule has 1 heterocycles. The Bertz CT molecular complexity index is 581. The van der Waals surface area contributed by atoms with Crippen LogP contribution in [-0.2, 0) is 0 Å². The van der Waals surface area contributed by atoms with Gasteiger partial charge in [-0.25, -0.2) is 4.98 Å². The van der Waals surface area contributed by atoms with Gasteiger partial charge in [0.2, 0.25) is 5.95 Å². The van der Waals surface area contributed by atoms with Gasteiger partial charge in [0, 0.05) is 10.6 Å². The third-order valence-electron chi connectivity index (χ3n) is 2.26. The average Bonchev–Trinajstić information content (AvgIpc) is 2.27. The third kappa shape index (κ3) is 3.05. The Labute approximate surface area is 109 Å². The summed E-state index contributed by atoms with van der Waals surface area (Å²) in [5.41, 5.74) is 1.28. The standard InChI is InChI=1S/C13H10ClFN2O/c1-8-5-9(7-10(14)6-8)13(18)17-12-4-2-3-11(15)16-12/h2-7H,1H3,(H,16,17,18). The summed E-state index contributed by atoms with van der Waals surface area (Å²) in [5, 5.41) is 2.98. The van der Waals surface area contributed by atoms with Crippen LogP contribution >= 0.6 is 11.6 Å². The van der Waals surface area contributed by atoms with Crippen molar-refractivity contribution < 1.29 is 9.18 Å². The number of nitrogens with one attached hydrogen (secondary N) is 1. The maximum atomic E-state index is 12.9. The second-order valence-corrected chi connectivity index (χ2v) is 4.25. The van der Waals surface area contributed by atoms with Gasteiger partial charge in [-0.05, 0) is 42.8 Å². The second kappa shape index (κ2) is 5.14. The maximum Gasteiger partial charge on any atom is 0.256 e. The highest BCUT2D eigenvalue weighted by Gasteiger charge is 2.08. The van der Waals surface area contributed by atoms with Gasteiger partial charge in [-0.3, -0.25) is 4.79 Å². The summed E-state index contributed by atoms with van der Waals surface area (Å²) in [5.74, 6) is -0.855. The molecule has 5 heteroatoms. The molecule has 0 unspecified atom stereocenters. The molecule has 1 aromatic carbocycles. The summed E-state index contributed by atoms with van der Waals surface area (Å²) in [6.07, 6.45) is 0. The van der Waals surface area contributed by atoms with Gasteiger partial charge in [-0.2, -0.15) is 4.39 Å². The van der Waals surface area contributed by atoms with E-state index in [2.05, 4.69) is 10.3 Å². The molecule has 92 valence electrons. The lowest BCUT2D eigenvalue weighted by Crippen LogP contribution is -2.13. The number of anilines is 1. The molecule has 0 fully saturated rings. The highest BCUT2D eigenvalue weighted by molar-refractivity contribution is 6.31. The average molecular weight is 265 g/mol. The summed E-state index contributed by atoms with van der Waals surface area (Å²) < 4.78 is 12.9. The Hall–Kier alpha value is -1.94. The Morgan fingerprint density at radius 1 is 1.33 bits per heavy atom. The largest absolute Gasteiger partial charge is 0.306 e. The molecular weight excluding hydrogens is 255 g/mol. The molecule has 18 heavy (non-hydrogen) atoms. The van der Waals surface area contributed by atoms with Crippen LogP contribution in [0.25, 0.3) is 0 Å². The third-order valence-corrected chi connectivity index (χ3v) is 2.48. The van der Waals surface area contributed by atoms with Crippen molar-refractivity contribution in [3.63, 3.8) is 0 Å². The molecule has 0 aliphatic heterocycles. The van der Waals surface area contributed by atoms with E-state index in [0.717, 1.165) is 5.56 Å². The van der Waals surface area contributed by atoms with E-state index >= 15 is 0 Å². The summed E-state index contributed by atoms with van der Waals surface area (Å²) in [7, 11) is 0. The number of aromatic nitrogens is 1. The van der Waals surface area contributed by atoms with Crippen molar-refractivity contribution in [2.75, 3.05) is 5.32 Å². The van der Waals surface area contributed by atoms with Gasteiger partial charge in [0.1, 0.15) is 5.82 Å². The predicted molar refractivity (Wildman–Crippen MR) is 68.3 cm³/mol. The first kappa shape index (κ1) is 12.5. The molecule has 0 radical (unpaired) electrons. The fraction of sp³-hybridized carbons (Fsp3) is 0.0769. The monoisotopic (exact) mass is 264 g/mol. The van der Waals surface area contributed by atoms with Crippen molar-refractivity contribution in [2.24, 2.45) is 0 Å². The van der Waals surface area contributed by atoms with Gasteiger partial charge in [-0.1, -0.05) is 17.7 Å². The summed E-state index contributed by atoms with van der Waals surface area (Å²) in [4.78, 5) is 15.4. The van der Waals surface area contributed by atoms with E-state index < -0.39 is 5.95 Å². The highest BCUT2D eigenvalue weighted by atomic mass is 35.5. The lowest BCUT2D eigenvalue weighted by molar-refractivity contribution is 0.102. The van der Waals surface area contributed by atoms with E-state index in [0.29, 0.717) is 10.6 Å². The zero-order valence-electron chi connectivity index (χ0n) is 9.58. The van der Waals surface area contributed by atoms with Crippen molar-refractivity contribution >= 4 is 23.3 Å². The number of hydrogen-bond donors (Lipinski definition) is 1. The SMILES string of the molecule is Cc1cc(Cl)cc(C(=O)Nc2cccc(F)n2)c1. The molecule has 1 amide bonds. The first-order chi connectivity index (χ1) is 8.54. The molecule has 0 bridgehead atoms. The van der Waals surface area contributed by atoms with Crippen LogP contribution < -0.4 is 5.32 Å². The van der Waals surface area contributed by atoms with Gasteiger partial charge in [0.05, 0.1) is 0 Å². The Morgan fingerprint density at radius 2 is 2.11 bits per heavy atom. The van der Waals surface area contributed by atoms with E-state index in [1.54, 1.807) is 18.2 Å². The Morgan fingerprint density at radius 3 is 2.78 bits per heavy atom. The Balaban J connectivity index is 2.22. The zero-order chi connectivity index (χ0) is 13.1. The molecule has 2 aromatic rings. The van der Waals surface area contributed by atoms with Gasteiger partial charge in [0.25, 0.3) is 5.91 Å². The lowest BCUT2D eigenvalue weighted by Gasteiger charge is -2.05. The molecule has 0 spiro atoms. The number of carbonyl (C=O) groups excluding carboxylic acids is 1. The molecule has 3 nitrogen and oxygen atoms in total. The number of hydrogen-bond acceptors (Lipinski definition) is 2. The van der Waals surface area contributed by atoms with E-state index in [4.69, 9.17) is 11.6 Å². The number of aryl methyl sites for hydroxylation is 1. The minimum Gasteiger partial charge on any atom is -0.306 e. The molecule has 1 aromatic heterocycles. The quantitative estimate of drug-likeness (QED) is 0.845. The van der Waals surface area contributed by atoms with Gasteiger partial charge in [0.15, 0.2) is 0 Å². The number of rotatable bonds is 2. The van der Waals surface area contributed by atoms with Crippen LogP contribution in [0, 0.1) is 12.9 Å². The molecule has 1 N–H and O–H groups in total. The predicted octanol–water partition coefficient (Wildman–Crippen LogP) is 3.43. The topological polar surface area (TPSA) is 42.0 Å². The normalized spacial score (nSPS) is 10.2. The first-order valence-corrected chi connectivity index (χ1v) is 5.63. The van der Waals surface area contributed by atoms with E-state index in [1.807, 2.05) is 6.92 Å². The smallest absolute Gasteiger partial charge is 0.256 e. The van der Waals surface area contributed by atoms with Crippen LogP contribution in [0.5, 0.6) is 0 Å². The number of halogens is 2. The highest BCUT2D eigenvalue weighted by Crippen LogP contribution is 2.15. The lowest BCUT2D eigenvalue weighted by atomic mass is 10.1. The number of pyridine rings is 1. The Kier molecular flexibility index (Phi) is 3.58. The van der Waals surface area contributed by atoms with Crippen molar-refractivity contribution in [1.82, 2.24) is 4.98 Å². The van der Waals surface area contributed by atoms with Crippen LogP contribution in [-0.4, -0.2) is 10.9 Å². The zero-order valence-corrected chi connectivity index (χ0v) is 10.3. The number of nitrogens with zero attached hydrogens (tertiary/aromatic N) is 1. The molecule has 0 aliphatic carbocycles. The van der Waals surface area contributed by atoms with E-state index in [9.17, 15) is 9.18 Å². The summed E-state index contributed by atoms with van der Waals surface area (Å²) in [6, 6.07) is 9.18. The van der Waals surface area contributed by atoms with Crippen molar-refractivity contribution in [1.29, 1.82) is 0 Å². The molecule has 2 rings (SSSR count). The number of benzene rings is 1. The molecule has 0 saturated carbocycles. The summed E-state index contributed by atoms with van der Waals surface area (Å²) >= 11 is 5.87. The van der Waals surface area contributed by atoms with Gasteiger partial charge >= 0.3 is 0 Å². The minimum atomic E-state index is -0.643. The van der Waals surface area contributed by atoms with Crippen molar-refractivity contribution in [3.8, 4) is 0 Å². The number of carbonyl (C=O) groups is 1. The van der Waals surface area contributed by atoms with Crippen LogP contribution in [0.15, 0.2) is 36.4 Å². The van der Waals surface area contributed by atoms with E-state index in [1.165, 1.54) is 18.2 Å². The molecular formula is C13H10ClFN2O. The fourth-order valence-electron chi connectivity index (χ4n) is 1.53. The fourth-order valence-corrected chi connectivity index (χ4v) is 1.82. The van der Waals surface area contributed by atoms with Gasteiger partial charge in [-0.15, -0.1) is 0 Å². The molecule has 0 aliphatic rings. The van der Waals surface area contributed by atoms with Crippen molar-refractivity contribution in [2.45, 2.75) is 6.92 Å². The maximum absolute atomic E-state index is 12.9. The van der Waals surface area contributed by atoms with Crippen LogP contribution in [0.3, 0.4) is 0 Å². The first-order valence-electron chi connectivity index (χ1n) is 5.26. The molecule has 0 atom stereocenters. The number of amides is 1. The van der Waals surface area contributed by atoms with Gasteiger partial charge < -0.3 is 5.32 Å². The summed E-state index contributed by atoms with van der Waals surface area (Å²) in [6.45, 7) is 1.84. The second-order valence-electron chi connectivity index (χ2n) is 3.82. The van der Waals surface area contributed by atoms with Crippen LogP contribution in [0.2, 0.25) is 5.02 Å². The molecule has 0 saturated heterocycles.